The van der Waals surface area contributed by atoms with Gasteiger partial charge in [0.05, 0.1) is 38.1 Å². The number of primary amides is 1. The monoisotopic (exact) mass is 498 g/mol. The Balaban J connectivity index is 2.31. The van der Waals surface area contributed by atoms with Crippen molar-refractivity contribution in [2.75, 3.05) is 6.54 Å². The number of halogens is 7. The number of benzene rings is 2. The lowest BCUT2D eigenvalue weighted by Gasteiger charge is -2.18. The molecule has 0 aliphatic carbocycles. The van der Waals surface area contributed by atoms with E-state index in [2.05, 4.69) is 5.32 Å². The van der Waals surface area contributed by atoms with Crippen LogP contribution in [-0.4, -0.2) is 24.5 Å². The van der Waals surface area contributed by atoms with Crippen LogP contribution in [0.1, 0.15) is 27.4 Å². The lowest BCUT2D eigenvalue weighted by atomic mass is 9.97. The molecule has 0 aliphatic rings. The van der Waals surface area contributed by atoms with E-state index in [1.54, 1.807) is 0 Å². The molecule has 0 aromatic heterocycles. The van der Waals surface area contributed by atoms with Gasteiger partial charge in [-0.05, 0) is 35.4 Å². The smallest absolute Gasteiger partial charge is 0.368 e. The third-order valence-electron chi connectivity index (χ3n) is 3.86. The minimum absolute atomic E-state index is 0.0136. The number of hydrogen-bond donors (Lipinski definition) is 2. The van der Waals surface area contributed by atoms with Gasteiger partial charge in [-0.15, -0.1) is 0 Å². The lowest BCUT2D eigenvalue weighted by molar-refractivity contribution is -0.139. The molecule has 30 heavy (non-hydrogen) atoms. The highest BCUT2D eigenvalue weighted by atomic mass is 35.5. The molecule has 2 rings (SSSR count). The molecule has 1 unspecified atom stereocenters. The minimum Gasteiger partial charge on any atom is -0.368 e. The number of carbonyl (C=O) groups is 2. The minimum atomic E-state index is -4.63. The van der Waals surface area contributed by atoms with Crippen LogP contribution in [-0.2, 0) is 4.79 Å². The van der Waals surface area contributed by atoms with Crippen molar-refractivity contribution in [3.63, 3.8) is 0 Å². The quantitative estimate of drug-likeness (QED) is 0.487. The maximum Gasteiger partial charge on any atom is 0.399 e. The number of carbonyl (C=O) groups excluding carboxylic acids is 2. The van der Waals surface area contributed by atoms with Crippen molar-refractivity contribution in [2.45, 2.75) is 12.1 Å². The number of allylic oxidation sites excluding steroid dienone is 1. The number of hydrogen-bond acceptors (Lipinski definition) is 2. The first-order valence-electron chi connectivity index (χ1n) is 8.15. The molecule has 0 aliphatic heterocycles. The van der Waals surface area contributed by atoms with Crippen LogP contribution >= 0.6 is 46.4 Å². The van der Waals surface area contributed by atoms with Crippen LogP contribution in [0.2, 0.25) is 20.1 Å². The van der Waals surface area contributed by atoms with Gasteiger partial charge in [0.1, 0.15) is 0 Å². The Labute approximate surface area is 189 Å². The number of amides is 2. The van der Waals surface area contributed by atoms with Gasteiger partial charge in [-0.25, -0.2) is 0 Å². The molecule has 1 atom stereocenters. The maximum absolute atomic E-state index is 13.6. The Kier molecular flexibility index (Phi) is 8.05. The fourth-order valence-corrected chi connectivity index (χ4v) is 3.34. The largest absolute Gasteiger partial charge is 0.399 e. The van der Waals surface area contributed by atoms with E-state index in [0.29, 0.717) is 5.56 Å². The van der Waals surface area contributed by atoms with Crippen molar-refractivity contribution in [3.8, 4) is 0 Å². The summed E-state index contributed by atoms with van der Waals surface area (Å²) in [6.45, 7) is -0.379. The average molecular weight is 500 g/mol. The van der Waals surface area contributed by atoms with Crippen LogP contribution in [0, 0.1) is 0 Å². The van der Waals surface area contributed by atoms with Gasteiger partial charge in [0.15, 0.2) is 0 Å². The normalized spacial score (nSPS) is 12.8. The second-order valence-electron chi connectivity index (χ2n) is 6.07. The van der Waals surface area contributed by atoms with Crippen LogP contribution in [0.5, 0.6) is 0 Å². The number of alkyl halides is 3. The van der Waals surface area contributed by atoms with Crippen LogP contribution < -0.4 is 11.1 Å². The molecule has 0 fully saturated rings. The van der Waals surface area contributed by atoms with Crippen molar-refractivity contribution in [3.05, 3.63) is 73.2 Å². The SMILES string of the molecule is NC(=O)CNC(=O)c1ccc(C=CC(c2cc(Cl)c(Cl)c(Cl)c2)C(F)(F)F)cc1Cl. The standard InChI is InChI=1S/C19H13Cl4F3N2O2/c20-13-5-9(1-3-11(13)18(30)28-8-16(27)29)2-4-12(19(24,25)26)10-6-14(21)17(23)15(22)7-10/h1-7,12H,8H2,(H2,27,29)(H,28,30). The molecule has 0 radical (unpaired) electrons. The summed E-state index contributed by atoms with van der Waals surface area (Å²) in [5, 5.41) is 2.01. The second-order valence-corrected chi connectivity index (χ2v) is 7.66. The zero-order chi connectivity index (χ0) is 22.6. The third-order valence-corrected chi connectivity index (χ3v) is 5.37. The summed E-state index contributed by atoms with van der Waals surface area (Å²) in [5.41, 5.74) is 5.11. The Hall–Kier alpha value is -1.93. The molecule has 11 heteroatoms. The zero-order valence-corrected chi connectivity index (χ0v) is 17.9. The summed E-state index contributed by atoms with van der Waals surface area (Å²) in [6.07, 6.45) is -2.52. The summed E-state index contributed by atoms with van der Waals surface area (Å²) in [6, 6.07) is 6.22. The van der Waals surface area contributed by atoms with E-state index in [1.807, 2.05) is 0 Å². The first kappa shape index (κ1) is 24.3. The molecule has 0 heterocycles. The first-order valence-corrected chi connectivity index (χ1v) is 9.66. The van der Waals surface area contributed by atoms with Gasteiger partial charge >= 0.3 is 6.18 Å². The highest BCUT2D eigenvalue weighted by Crippen LogP contribution is 2.41. The summed E-state index contributed by atoms with van der Waals surface area (Å²) in [7, 11) is 0. The maximum atomic E-state index is 13.6. The Morgan fingerprint density at radius 2 is 1.63 bits per heavy atom. The molecule has 0 saturated carbocycles. The average Bonchev–Trinajstić information content (AvgIpc) is 2.63. The number of nitrogens with two attached hydrogens (primary N) is 1. The van der Waals surface area contributed by atoms with E-state index >= 15 is 0 Å². The van der Waals surface area contributed by atoms with E-state index in [9.17, 15) is 22.8 Å². The molecule has 3 N–H and O–H groups in total. The van der Waals surface area contributed by atoms with E-state index in [1.165, 1.54) is 24.3 Å². The topological polar surface area (TPSA) is 72.2 Å². The fourth-order valence-electron chi connectivity index (χ4n) is 2.45. The van der Waals surface area contributed by atoms with Gasteiger partial charge in [-0.1, -0.05) is 64.6 Å². The Morgan fingerprint density at radius 3 is 2.13 bits per heavy atom. The van der Waals surface area contributed by atoms with Crippen LogP contribution in [0.4, 0.5) is 13.2 Å². The summed E-state index contributed by atoms with van der Waals surface area (Å²) in [4.78, 5) is 22.7. The molecule has 0 bridgehead atoms. The van der Waals surface area contributed by atoms with E-state index < -0.39 is 23.9 Å². The van der Waals surface area contributed by atoms with Crippen molar-refractivity contribution in [1.29, 1.82) is 0 Å². The highest BCUT2D eigenvalue weighted by molar-refractivity contribution is 6.48. The van der Waals surface area contributed by atoms with E-state index in [4.69, 9.17) is 52.1 Å². The first-order chi connectivity index (χ1) is 13.9. The van der Waals surface area contributed by atoms with Crippen molar-refractivity contribution in [1.82, 2.24) is 5.32 Å². The van der Waals surface area contributed by atoms with Gasteiger partial charge in [0.25, 0.3) is 5.91 Å². The van der Waals surface area contributed by atoms with E-state index in [-0.39, 0.29) is 37.8 Å². The highest BCUT2D eigenvalue weighted by Gasteiger charge is 2.39. The molecule has 2 aromatic rings. The van der Waals surface area contributed by atoms with Crippen LogP contribution in [0.15, 0.2) is 36.4 Å². The van der Waals surface area contributed by atoms with E-state index in [0.717, 1.165) is 18.2 Å². The summed E-state index contributed by atoms with van der Waals surface area (Å²) in [5.74, 6) is -3.39. The van der Waals surface area contributed by atoms with Gasteiger partial charge in [0.2, 0.25) is 5.91 Å². The van der Waals surface area contributed by atoms with Crippen LogP contribution in [0.3, 0.4) is 0 Å². The molecular weight excluding hydrogens is 487 g/mol. The van der Waals surface area contributed by atoms with Crippen molar-refractivity contribution < 1.29 is 22.8 Å². The zero-order valence-electron chi connectivity index (χ0n) is 14.9. The fraction of sp³-hybridized carbons (Fsp3) is 0.158. The third kappa shape index (κ3) is 6.28. The summed E-state index contributed by atoms with van der Waals surface area (Å²) >= 11 is 23.5. The molecule has 160 valence electrons. The predicted octanol–water partition coefficient (Wildman–Crippen LogP) is 5.87. The Bertz CT molecular complexity index is 987. The molecular formula is C19H13Cl4F3N2O2. The summed E-state index contributed by atoms with van der Waals surface area (Å²) < 4.78 is 40.8. The molecule has 2 amide bonds. The second kappa shape index (κ2) is 9.92. The van der Waals surface area contributed by atoms with Crippen molar-refractivity contribution >= 4 is 64.3 Å². The molecule has 4 nitrogen and oxygen atoms in total. The van der Waals surface area contributed by atoms with Crippen LogP contribution in [0.25, 0.3) is 6.08 Å². The van der Waals surface area contributed by atoms with Gasteiger partial charge in [-0.3, -0.25) is 9.59 Å². The molecule has 2 aromatic carbocycles. The van der Waals surface area contributed by atoms with Gasteiger partial charge in [0, 0.05) is 0 Å². The van der Waals surface area contributed by atoms with Gasteiger partial charge < -0.3 is 11.1 Å². The number of rotatable bonds is 6. The molecule has 0 spiro atoms. The Morgan fingerprint density at radius 1 is 1.03 bits per heavy atom. The predicted molar refractivity (Wildman–Crippen MR) is 112 cm³/mol. The lowest BCUT2D eigenvalue weighted by Crippen LogP contribution is -2.33. The number of nitrogens with one attached hydrogen (secondary N) is 1. The molecule has 0 saturated heterocycles. The van der Waals surface area contributed by atoms with Crippen molar-refractivity contribution in [2.24, 2.45) is 5.73 Å². The van der Waals surface area contributed by atoms with Gasteiger partial charge in [-0.2, -0.15) is 13.2 Å².